The van der Waals surface area contributed by atoms with Gasteiger partial charge >= 0.3 is 0 Å². The molecule has 0 aromatic carbocycles. The zero-order valence-corrected chi connectivity index (χ0v) is 9.24. The largest absolute Gasteiger partial charge is 0.184 e. The van der Waals surface area contributed by atoms with Gasteiger partial charge in [-0.25, -0.2) is 0 Å². The van der Waals surface area contributed by atoms with Crippen molar-refractivity contribution in [1.29, 1.82) is 0 Å². The van der Waals surface area contributed by atoms with Crippen LogP contribution < -0.4 is 0 Å². The monoisotopic (exact) mass is 193 g/mol. The van der Waals surface area contributed by atoms with Gasteiger partial charge in [0, 0.05) is 10.9 Å². The highest BCUT2D eigenvalue weighted by molar-refractivity contribution is 7.03. The Morgan fingerprint density at radius 2 is 2.31 bits per heavy atom. The molecule has 0 aliphatic carbocycles. The number of hydrogen-bond donors (Lipinski definition) is 0. The van der Waals surface area contributed by atoms with Gasteiger partial charge < -0.3 is 0 Å². The van der Waals surface area contributed by atoms with Gasteiger partial charge in [-0.15, -0.1) is 6.42 Å². The van der Waals surface area contributed by atoms with Crippen LogP contribution in [-0.4, -0.2) is 4.37 Å². The van der Waals surface area contributed by atoms with Crippen molar-refractivity contribution in [2.75, 3.05) is 0 Å². The van der Waals surface area contributed by atoms with Crippen LogP contribution in [0, 0.1) is 12.3 Å². The molecule has 0 saturated carbocycles. The van der Waals surface area contributed by atoms with Gasteiger partial charge in [-0.3, -0.25) is 0 Å². The molecule has 0 amide bonds. The first-order valence-electron chi connectivity index (χ1n) is 4.53. The fourth-order valence-corrected chi connectivity index (χ4v) is 2.43. The quantitative estimate of drug-likeness (QED) is 0.672. The van der Waals surface area contributed by atoms with E-state index >= 15 is 0 Å². The standard InChI is InChI=1S/C11H15NS/c1-5-7-11(3,4)9-8-13-12-10(9)6-2/h2,8H,5,7H2,1,3-4H3. The molecule has 0 fully saturated rings. The van der Waals surface area contributed by atoms with E-state index < -0.39 is 0 Å². The van der Waals surface area contributed by atoms with E-state index in [1.165, 1.54) is 23.5 Å². The predicted molar refractivity (Wildman–Crippen MR) is 58.0 cm³/mol. The number of hydrogen-bond acceptors (Lipinski definition) is 2. The Hall–Kier alpha value is -0.810. The lowest BCUT2D eigenvalue weighted by Gasteiger charge is -2.22. The highest BCUT2D eigenvalue weighted by atomic mass is 32.1. The molecule has 0 N–H and O–H groups in total. The first-order valence-corrected chi connectivity index (χ1v) is 5.37. The lowest BCUT2D eigenvalue weighted by Crippen LogP contribution is -2.17. The topological polar surface area (TPSA) is 12.9 Å². The highest BCUT2D eigenvalue weighted by Crippen LogP contribution is 2.31. The van der Waals surface area contributed by atoms with E-state index in [0.29, 0.717) is 0 Å². The van der Waals surface area contributed by atoms with Crippen LogP contribution in [0.5, 0.6) is 0 Å². The van der Waals surface area contributed by atoms with Crippen molar-refractivity contribution in [2.24, 2.45) is 0 Å². The molecule has 0 radical (unpaired) electrons. The lowest BCUT2D eigenvalue weighted by molar-refractivity contribution is 0.473. The van der Waals surface area contributed by atoms with E-state index in [9.17, 15) is 0 Å². The lowest BCUT2D eigenvalue weighted by atomic mass is 9.81. The van der Waals surface area contributed by atoms with Crippen LogP contribution in [-0.2, 0) is 5.41 Å². The van der Waals surface area contributed by atoms with E-state index in [4.69, 9.17) is 6.42 Å². The zero-order chi connectivity index (χ0) is 9.90. The summed E-state index contributed by atoms with van der Waals surface area (Å²) in [6.45, 7) is 6.64. The molecule has 0 saturated heterocycles. The van der Waals surface area contributed by atoms with Gasteiger partial charge in [0.25, 0.3) is 0 Å². The molecule has 0 spiro atoms. The molecule has 1 rings (SSSR count). The second-order valence-corrected chi connectivity index (χ2v) is 4.48. The van der Waals surface area contributed by atoms with Crippen molar-refractivity contribution >= 4 is 11.5 Å². The van der Waals surface area contributed by atoms with Crippen molar-refractivity contribution in [3.8, 4) is 12.3 Å². The Labute approximate surface area is 84.4 Å². The summed E-state index contributed by atoms with van der Waals surface area (Å²) in [7, 11) is 0. The third kappa shape index (κ3) is 2.10. The number of aromatic nitrogens is 1. The Balaban J connectivity index is 3.00. The van der Waals surface area contributed by atoms with Crippen molar-refractivity contribution < 1.29 is 0 Å². The molecular weight excluding hydrogens is 178 g/mol. The van der Waals surface area contributed by atoms with Crippen LogP contribution in [0.4, 0.5) is 0 Å². The van der Waals surface area contributed by atoms with Crippen molar-refractivity contribution in [1.82, 2.24) is 4.37 Å². The maximum absolute atomic E-state index is 5.38. The van der Waals surface area contributed by atoms with Crippen molar-refractivity contribution in [2.45, 2.75) is 39.0 Å². The van der Waals surface area contributed by atoms with Crippen molar-refractivity contribution in [3.05, 3.63) is 16.6 Å². The Morgan fingerprint density at radius 3 is 2.85 bits per heavy atom. The molecular formula is C11H15NS. The SMILES string of the molecule is C#Cc1nscc1C(C)(C)CCC. The summed E-state index contributed by atoms with van der Waals surface area (Å²) in [5.74, 6) is 2.64. The Bertz CT molecular complexity index is 317. The number of rotatable bonds is 3. The Kier molecular flexibility index (Phi) is 3.11. The molecule has 1 aromatic rings. The zero-order valence-electron chi connectivity index (χ0n) is 8.42. The molecule has 1 nitrogen and oxygen atoms in total. The van der Waals surface area contributed by atoms with Gasteiger partial charge in [0.05, 0.1) is 0 Å². The summed E-state index contributed by atoms with van der Waals surface area (Å²) in [5, 5.41) is 2.07. The van der Waals surface area contributed by atoms with Crippen LogP contribution >= 0.6 is 11.5 Å². The van der Waals surface area contributed by atoms with E-state index in [1.54, 1.807) is 0 Å². The average Bonchev–Trinajstić information content (AvgIpc) is 2.51. The summed E-state index contributed by atoms with van der Waals surface area (Å²) in [4.78, 5) is 0. The molecule has 0 bridgehead atoms. The molecule has 70 valence electrons. The maximum atomic E-state index is 5.38. The van der Waals surface area contributed by atoms with Gasteiger partial charge in [0.15, 0.2) is 0 Å². The highest BCUT2D eigenvalue weighted by Gasteiger charge is 2.23. The molecule has 1 aromatic heterocycles. The minimum atomic E-state index is 0.170. The van der Waals surface area contributed by atoms with E-state index in [-0.39, 0.29) is 5.41 Å². The molecule has 0 atom stereocenters. The average molecular weight is 193 g/mol. The first-order chi connectivity index (χ1) is 6.11. The second kappa shape index (κ2) is 3.93. The van der Waals surface area contributed by atoms with Crippen LogP contribution in [0.2, 0.25) is 0 Å². The fraction of sp³-hybridized carbons (Fsp3) is 0.545. The summed E-state index contributed by atoms with van der Waals surface area (Å²) in [5.41, 5.74) is 2.22. The van der Waals surface area contributed by atoms with Crippen LogP contribution in [0.1, 0.15) is 44.9 Å². The number of nitrogens with zero attached hydrogens (tertiary/aromatic N) is 1. The third-order valence-corrected chi connectivity index (χ3v) is 2.94. The van der Waals surface area contributed by atoms with Crippen LogP contribution in [0.15, 0.2) is 5.38 Å². The van der Waals surface area contributed by atoms with Gasteiger partial charge in [0.2, 0.25) is 0 Å². The summed E-state index contributed by atoms with van der Waals surface area (Å²) < 4.78 is 4.19. The van der Waals surface area contributed by atoms with Gasteiger partial charge in [-0.05, 0) is 29.3 Å². The molecule has 2 heteroatoms. The smallest absolute Gasteiger partial charge is 0.130 e. The molecule has 0 aliphatic heterocycles. The maximum Gasteiger partial charge on any atom is 0.130 e. The van der Waals surface area contributed by atoms with Gasteiger partial charge in [0.1, 0.15) is 5.69 Å². The summed E-state index contributed by atoms with van der Waals surface area (Å²) in [6, 6.07) is 0. The predicted octanol–water partition coefficient (Wildman–Crippen LogP) is 3.20. The first kappa shape index (κ1) is 10.3. The minimum absolute atomic E-state index is 0.170. The molecule has 13 heavy (non-hydrogen) atoms. The number of terminal acetylenes is 1. The molecule has 0 aliphatic rings. The third-order valence-electron chi connectivity index (χ3n) is 2.31. The minimum Gasteiger partial charge on any atom is -0.184 e. The van der Waals surface area contributed by atoms with E-state index in [2.05, 4.69) is 36.4 Å². The van der Waals surface area contributed by atoms with Gasteiger partial charge in [-0.1, -0.05) is 27.2 Å². The van der Waals surface area contributed by atoms with Gasteiger partial charge in [-0.2, -0.15) is 4.37 Å². The van der Waals surface area contributed by atoms with Crippen LogP contribution in [0.25, 0.3) is 0 Å². The van der Waals surface area contributed by atoms with E-state index in [0.717, 1.165) is 12.1 Å². The normalized spacial score (nSPS) is 11.2. The van der Waals surface area contributed by atoms with E-state index in [1.807, 2.05) is 0 Å². The van der Waals surface area contributed by atoms with Crippen LogP contribution in [0.3, 0.4) is 0 Å². The summed E-state index contributed by atoms with van der Waals surface area (Å²) in [6.07, 6.45) is 7.71. The second-order valence-electron chi connectivity index (χ2n) is 3.86. The molecule has 1 heterocycles. The fourth-order valence-electron chi connectivity index (χ4n) is 1.58. The molecule has 0 unspecified atom stereocenters. The Morgan fingerprint density at radius 1 is 1.62 bits per heavy atom. The van der Waals surface area contributed by atoms with Crippen molar-refractivity contribution in [3.63, 3.8) is 0 Å². The summed E-state index contributed by atoms with van der Waals surface area (Å²) >= 11 is 1.45.